The number of amides is 1. The summed E-state index contributed by atoms with van der Waals surface area (Å²) in [6, 6.07) is 16.7. The first kappa shape index (κ1) is 25.1. The zero-order valence-electron chi connectivity index (χ0n) is 21.0. The van der Waals surface area contributed by atoms with Crippen LogP contribution in [0.4, 0.5) is 0 Å². The van der Waals surface area contributed by atoms with Crippen LogP contribution in [0.1, 0.15) is 37.7 Å². The molecule has 0 unspecified atom stereocenters. The predicted molar refractivity (Wildman–Crippen MR) is 150 cm³/mol. The molecule has 0 spiro atoms. The van der Waals surface area contributed by atoms with Gasteiger partial charge in [-0.1, -0.05) is 30.3 Å². The number of benzene rings is 2. The van der Waals surface area contributed by atoms with Crippen molar-refractivity contribution < 1.29 is 13.2 Å². The summed E-state index contributed by atoms with van der Waals surface area (Å²) in [6.07, 6.45) is 8.90. The highest BCUT2D eigenvalue weighted by Crippen LogP contribution is 2.35. The molecule has 0 N–H and O–H groups in total. The summed E-state index contributed by atoms with van der Waals surface area (Å²) in [5, 5.41) is 5.60. The summed E-state index contributed by atoms with van der Waals surface area (Å²) < 4.78 is 29.8. The van der Waals surface area contributed by atoms with Crippen molar-refractivity contribution >= 4 is 38.9 Å². The van der Waals surface area contributed by atoms with Crippen LogP contribution in [0.2, 0.25) is 0 Å². The van der Waals surface area contributed by atoms with Crippen molar-refractivity contribution in [2.75, 3.05) is 26.2 Å². The van der Waals surface area contributed by atoms with Gasteiger partial charge in [0.2, 0.25) is 10.0 Å². The first-order chi connectivity index (χ1) is 18.5. The van der Waals surface area contributed by atoms with Crippen molar-refractivity contribution in [3.05, 3.63) is 71.3 Å². The molecule has 6 rings (SSSR count). The number of thioether (sulfide) groups is 1. The Bertz CT molecular complexity index is 1520. The molecule has 3 aliphatic rings. The summed E-state index contributed by atoms with van der Waals surface area (Å²) in [5.74, 6) is -0.251. The lowest BCUT2D eigenvalue weighted by molar-refractivity contribution is -0.113. The molecule has 0 atom stereocenters. The SMILES string of the molecule is O=C1N=C(N2CCCCC2)S/C1=C/c1cn(-c2ccccc2)nc1-c1cccc(S(=O)(=O)N2CCCC2)c1. The molecular weight excluding hydrogens is 518 g/mol. The smallest absolute Gasteiger partial charge is 0.286 e. The second-order valence-electron chi connectivity index (χ2n) is 9.71. The lowest BCUT2D eigenvalue weighted by atomic mass is 10.1. The molecule has 2 aromatic carbocycles. The molecule has 10 heteroatoms. The molecular formula is C28H29N5O3S2. The third-order valence-electron chi connectivity index (χ3n) is 7.10. The van der Waals surface area contributed by atoms with E-state index in [1.807, 2.05) is 48.7 Å². The Kier molecular flexibility index (Phi) is 6.94. The summed E-state index contributed by atoms with van der Waals surface area (Å²) in [7, 11) is -3.58. The molecule has 196 valence electrons. The molecule has 38 heavy (non-hydrogen) atoms. The number of hydrogen-bond acceptors (Lipinski definition) is 6. The Labute approximate surface area is 227 Å². The molecule has 0 bridgehead atoms. The zero-order chi connectivity index (χ0) is 26.1. The van der Waals surface area contributed by atoms with Gasteiger partial charge >= 0.3 is 0 Å². The fraction of sp³-hybridized carbons (Fsp3) is 0.321. The van der Waals surface area contributed by atoms with Crippen molar-refractivity contribution in [2.45, 2.75) is 37.0 Å². The number of amidine groups is 1. The number of piperidine rings is 1. The van der Waals surface area contributed by atoms with Gasteiger partial charge in [-0.2, -0.15) is 14.4 Å². The van der Waals surface area contributed by atoms with Crippen LogP contribution in [0.5, 0.6) is 0 Å². The van der Waals surface area contributed by atoms with Crippen molar-refractivity contribution in [2.24, 2.45) is 4.99 Å². The van der Waals surface area contributed by atoms with E-state index < -0.39 is 10.0 Å². The minimum Gasteiger partial charge on any atom is -0.351 e. The molecule has 2 saturated heterocycles. The number of hydrogen-bond donors (Lipinski definition) is 0. The van der Waals surface area contributed by atoms with E-state index in [1.165, 1.54) is 18.2 Å². The second kappa shape index (κ2) is 10.5. The average Bonchev–Trinajstić information content (AvgIpc) is 3.71. The van der Waals surface area contributed by atoms with E-state index in [1.54, 1.807) is 27.2 Å². The standard InChI is InChI=1S/C28H29N5O3S2/c34-27-25(37-28(29-27)31-14-5-2-6-15-31)19-22-20-33(23-11-3-1-4-12-23)30-26(22)21-10-9-13-24(18-21)38(35,36)32-16-7-8-17-32/h1,3-4,9-13,18-20H,2,5-8,14-17H2/b25-19+. The van der Waals surface area contributed by atoms with Crippen molar-refractivity contribution in [1.82, 2.24) is 19.0 Å². The van der Waals surface area contributed by atoms with Crippen LogP contribution in [0, 0.1) is 0 Å². The number of para-hydroxylation sites is 1. The van der Waals surface area contributed by atoms with Gasteiger partial charge in [-0.05, 0) is 74.2 Å². The average molecular weight is 548 g/mol. The number of carbonyl (C=O) groups is 1. The van der Waals surface area contributed by atoms with Crippen LogP contribution >= 0.6 is 11.8 Å². The van der Waals surface area contributed by atoms with E-state index in [0.29, 0.717) is 29.3 Å². The maximum Gasteiger partial charge on any atom is 0.286 e. The van der Waals surface area contributed by atoms with Crippen molar-refractivity contribution in [1.29, 1.82) is 0 Å². The van der Waals surface area contributed by atoms with Gasteiger partial charge in [-0.15, -0.1) is 0 Å². The quantitative estimate of drug-likeness (QED) is 0.427. The largest absolute Gasteiger partial charge is 0.351 e. The number of rotatable bonds is 5. The molecule has 1 amide bonds. The predicted octanol–water partition coefficient (Wildman–Crippen LogP) is 4.78. The number of aromatic nitrogens is 2. The van der Waals surface area contributed by atoms with Gasteiger partial charge in [-0.3, -0.25) is 4.79 Å². The molecule has 2 fully saturated rings. The maximum absolute atomic E-state index is 13.3. The van der Waals surface area contributed by atoms with Gasteiger partial charge in [-0.25, -0.2) is 13.1 Å². The molecule has 0 radical (unpaired) electrons. The van der Waals surface area contributed by atoms with Crippen molar-refractivity contribution in [3.8, 4) is 16.9 Å². The summed E-state index contributed by atoms with van der Waals surface area (Å²) in [4.78, 5) is 20.2. The van der Waals surface area contributed by atoms with Gasteiger partial charge < -0.3 is 4.90 Å². The molecule has 8 nitrogen and oxygen atoms in total. The van der Waals surface area contributed by atoms with Gasteiger partial charge in [0, 0.05) is 43.5 Å². The Morgan fingerprint density at radius 1 is 0.868 bits per heavy atom. The third kappa shape index (κ3) is 4.95. The van der Waals surface area contributed by atoms with Gasteiger partial charge in [0.15, 0.2) is 5.17 Å². The monoisotopic (exact) mass is 547 g/mol. The molecule has 0 aliphatic carbocycles. The minimum atomic E-state index is -3.58. The summed E-state index contributed by atoms with van der Waals surface area (Å²) >= 11 is 1.40. The Balaban J connectivity index is 1.38. The molecule has 4 heterocycles. The Hall–Kier alpha value is -3.21. The fourth-order valence-corrected chi connectivity index (χ4v) is 7.59. The zero-order valence-corrected chi connectivity index (χ0v) is 22.6. The van der Waals surface area contributed by atoms with Crippen LogP contribution in [0.25, 0.3) is 23.0 Å². The van der Waals surface area contributed by atoms with E-state index >= 15 is 0 Å². The topological polar surface area (TPSA) is 87.9 Å². The van der Waals surface area contributed by atoms with Crippen LogP contribution in [0.3, 0.4) is 0 Å². The number of sulfonamides is 1. The first-order valence-electron chi connectivity index (χ1n) is 13.0. The number of nitrogens with zero attached hydrogens (tertiary/aromatic N) is 5. The third-order valence-corrected chi connectivity index (χ3v) is 10.0. The number of likely N-dealkylation sites (tertiary alicyclic amines) is 1. The van der Waals surface area contributed by atoms with E-state index in [0.717, 1.165) is 55.2 Å². The van der Waals surface area contributed by atoms with Crippen LogP contribution < -0.4 is 0 Å². The van der Waals surface area contributed by atoms with Crippen LogP contribution in [-0.4, -0.2) is 64.7 Å². The molecule has 3 aromatic rings. The normalized spacial score (nSPS) is 19.9. The molecule has 3 aliphatic heterocycles. The Morgan fingerprint density at radius 3 is 2.37 bits per heavy atom. The van der Waals surface area contributed by atoms with Crippen LogP contribution in [-0.2, 0) is 14.8 Å². The first-order valence-corrected chi connectivity index (χ1v) is 15.3. The van der Waals surface area contributed by atoms with Gasteiger partial charge in [0.1, 0.15) is 5.69 Å². The lowest BCUT2D eigenvalue weighted by Gasteiger charge is -2.27. The van der Waals surface area contributed by atoms with Crippen LogP contribution in [0.15, 0.2) is 75.6 Å². The van der Waals surface area contributed by atoms with Gasteiger partial charge in [0.25, 0.3) is 5.91 Å². The lowest BCUT2D eigenvalue weighted by Crippen LogP contribution is -2.33. The highest BCUT2D eigenvalue weighted by molar-refractivity contribution is 8.18. The summed E-state index contributed by atoms with van der Waals surface area (Å²) in [5.41, 5.74) is 2.89. The second-order valence-corrected chi connectivity index (χ2v) is 12.7. The molecule has 0 saturated carbocycles. The maximum atomic E-state index is 13.3. The molecule has 1 aromatic heterocycles. The van der Waals surface area contributed by atoms with E-state index in [9.17, 15) is 13.2 Å². The van der Waals surface area contributed by atoms with E-state index in [4.69, 9.17) is 5.10 Å². The number of aliphatic imine (C=N–C) groups is 1. The fourth-order valence-electron chi connectivity index (χ4n) is 5.07. The van der Waals surface area contributed by atoms with Crippen molar-refractivity contribution in [3.63, 3.8) is 0 Å². The van der Waals surface area contributed by atoms with E-state index in [-0.39, 0.29) is 10.8 Å². The van der Waals surface area contributed by atoms with Gasteiger partial charge in [0.05, 0.1) is 15.5 Å². The van der Waals surface area contributed by atoms with E-state index in [2.05, 4.69) is 9.89 Å². The Morgan fingerprint density at radius 2 is 1.61 bits per heavy atom. The highest BCUT2D eigenvalue weighted by Gasteiger charge is 2.29. The minimum absolute atomic E-state index is 0.251. The number of carbonyl (C=O) groups excluding carboxylic acids is 1. The highest BCUT2D eigenvalue weighted by atomic mass is 32.2. The summed E-state index contributed by atoms with van der Waals surface area (Å²) in [6.45, 7) is 2.93.